The molecule has 0 aliphatic carbocycles. The summed E-state index contributed by atoms with van der Waals surface area (Å²) in [6, 6.07) is 10.0. The molecule has 0 atom stereocenters. The predicted octanol–water partition coefficient (Wildman–Crippen LogP) is 5.35. The fourth-order valence-electron chi connectivity index (χ4n) is 3.30. The van der Waals surface area contributed by atoms with E-state index in [1.54, 1.807) is 23.5 Å². The molecule has 0 radical (unpaired) electrons. The lowest BCUT2D eigenvalue weighted by Gasteiger charge is -2.36. The number of nitrogens with zero attached hydrogens (tertiary/aromatic N) is 2. The maximum absolute atomic E-state index is 12.7. The molecule has 136 valence electrons. The van der Waals surface area contributed by atoms with Gasteiger partial charge in [-0.3, -0.25) is 0 Å². The summed E-state index contributed by atoms with van der Waals surface area (Å²) < 4.78 is 38.1. The highest BCUT2D eigenvalue weighted by atomic mass is 32.1. The van der Waals surface area contributed by atoms with Crippen LogP contribution in [-0.4, -0.2) is 37.6 Å². The molecule has 2 heterocycles. The van der Waals surface area contributed by atoms with Crippen molar-refractivity contribution in [2.45, 2.75) is 32.0 Å². The summed E-state index contributed by atoms with van der Waals surface area (Å²) in [5.41, 5.74) is 0.228. The van der Waals surface area contributed by atoms with Gasteiger partial charge in [0.1, 0.15) is 0 Å². The van der Waals surface area contributed by atoms with E-state index in [4.69, 9.17) is 0 Å². The monoisotopic (exact) mass is 368 g/mol. The van der Waals surface area contributed by atoms with Crippen LogP contribution in [0, 0.1) is 0 Å². The van der Waals surface area contributed by atoms with Crippen LogP contribution in [0.4, 0.5) is 18.2 Å². The Labute approximate surface area is 150 Å². The van der Waals surface area contributed by atoms with Crippen LogP contribution in [0.2, 0.25) is 0 Å². The Hall–Kier alpha value is -1.53. The minimum Gasteiger partial charge on any atom is -0.363 e. The lowest BCUT2D eigenvalue weighted by molar-refractivity contribution is -0.137. The van der Waals surface area contributed by atoms with Crippen LogP contribution in [-0.2, 0) is 6.18 Å². The highest BCUT2D eigenvalue weighted by Crippen LogP contribution is 2.37. The van der Waals surface area contributed by atoms with Gasteiger partial charge in [-0.15, -0.1) is 11.3 Å². The summed E-state index contributed by atoms with van der Waals surface area (Å²) in [7, 11) is 2.12. The molecular weight excluding hydrogens is 345 g/mol. The lowest BCUT2D eigenvalue weighted by atomic mass is 10.0. The third-order valence-electron chi connectivity index (χ3n) is 4.99. The van der Waals surface area contributed by atoms with E-state index in [1.807, 2.05) is 6.07 Å². The Morgan fingerprint density at radius 2 is 1.72 bits per heavy atom. The number of piperidine rings is 1. The van der Waals surface area contributed by atoms with E-state index in [9.17, 15) is 13.2 Å². The van der Waals surface area contributed by atoms with E-state index in [1.165, 1.54) is 5.00 Å². The average molecular weight is 368 g/mol. The van der Waals surface area contributed by atoms with Crippen LogP contribution >= 0.6 is 11.3 Å². The summed E-state index contributed by atoms with van der Waals surface area (Å²) in [5.74, 6) is 0. The second kappa shape index (κ2) is 7.38. The molecule has 0 N–H and O–H groups in total. The van der Waals surface area contributed by atoms with Gasteiger partial charge in [0.2, 0.25) is 0 Å². The van der Waals surface area contributed by atoms with Crippen LogP contribution in [0.5, 0.6) is 0 Å². The summed E-state index contributed by atoms with van der Waals surface area (Å²) in [5, 5.41) is 1.17. The number of rotatable bonds is 4. The van der Waals surface area contributed by atoms with Gasteiger partial charge in [-0.25, -0.2) is 0 Å². The van der Waals surface area contributed by atoms with Crippen molar-refractivity contribution < 1.29 is 13.2 Å². The second-order valence-corrected chi connectivity index (χ2v) is 7.55. The number of hydrogen-bond donors (Lipinski definition) is 0. The standard InChI is InChI=1S/C19H23F3N2S/c1-3-24-12-10-16(11-13-24)23(2)18-9-8-17(25-18)14-4-6-15(7-5-14)19(20,21)22/h4-9,16H,3,10-13H2,1-2H3. The van der Waals surface area contributed by atoms with Gasteiger partial charge < -0.3 is 9.80 Å². The SMILES string of the molecule is CCN1CCC(N(C)c2ccc(-c3ccc(C(F)(F)F)cc3)s2)CC1. The zero-order valence-corrected chi connectivity index (χ0v) is 15.3. The van der Waals surface area contributed by atoms with Gasteiger partial charge in [-0.2, -0.15) is 13.2 Å². The van der Waals surface area contributed by atoms with Crippen molar-refractivity contribution in [3.05, 3.63) is 42.0 Å². The van der Waals surface area contributed by atoms with E-state index >= 15 is 0 Å². The van der Waals surface area contributed by atoms with E-state index in [2.05, 4.69) is 29.8 Å². The Morgan fingerprint density at radius 3 is 2.28 bits per heavy atom. The van der Waals surface area contributed by atoms with Crippen LogP contribution in [0.1, 0.15) is 25.3 Å². The number of halogens is 3. The molecule has 0 unspecified atom stereocenters. The van der Waals surface area contributed by atoms with Crippen molar-refractivity contribution in [1.29, 1.82) is 0 Å². The van der Waals surface area contributed by atoms with E-state index in [-0.39, 0.29) is 0 Å². The first-order valence-corrected chi connectivity index (χ1v) is 9.43. The van der Waals surface area contributed by atoms with Crippen LogP contribution in [0.3, 0.4) is 0 Å². The molecule has 6 heteroatoms. The van der Waals surface area contributed by atoms with Crippen molar-refractivity contribution in [3.63, 3.8) is 0 Å². The van der Waals surface area contributed by atoms with E-state index in [0.29, 0.717) is 6.04 Å². The highest BCUT2D eigenvalue weighted by molar-refractivity contribution is 7.19. The number of likely N-dealkylation sites (tertiary alicyclic amines) is 1. The second-order valence-electron chi connectivity index (χ2n) is 6.49. The quantitative estimate of drug-likeness (QED) is 0.717. The molecule has 3 rings (SSSR count). The summed E-state index contributed by atoms with van der Waals surface area (Å²) >= 11 is 1.64. The normalized spacial score (nSPS) is 17.0. The topological polar surface area (TPSA) is 6.48 Å². The van der Waals surface area contributed by atoms with Crippen molar-refractivity contribution in [3.8, 4) is 10.4 Å². The minimum absolute atomic E-state index is 0.530. The molecule has 2 nitrogen and oxygen atoms in total. The Kier molecular flexibility index (Phi) is 5.39. The molecule has 1 aromatic carbocycles. The van der Waals surface area contributed by atoms with Gasteiger partial charge in [0.05, 0.1) is 10.6 Å². The number of alkyl halides is 3. The fraction of sp³-hybridized carbons (Fsp3) is 0.474. The van der Waals surface area contributed by atoms with Crippen molar-refractivity contribution in [1.82, 2.24) is 4.90 Å². The number of thiophene rings is 1. The van der Waals surface area contributed by atoms with Gasteiger partial charge in [-0.1, -0.05) is 19.1 Å². The molecular formula is C19H23F3N2S. The predicted molar refractivity (Wildman–Crippen MR) is 98.3 cm³/mol. The molecule has 1 aliphatic heterocycles. The smallest absolute Gasteiger partial charge is 0.363 e. The first-order valence-electron chi connectivity index (χ1n) is 8.61. The molecule has 1 fully saturated rings. The van der Waals surface area contributed by atoms with Gasteiger partial charge in [0, 0.05) is 31.1 Å². The van der Waals surface area contributed by atoms with Gasteiger partial charge in [0.25, 0.3) is 0 Å². The molecule has 0 saturated carbocycles. The zero-order chi connectivity index (χ0) is 18.0. The Balaban J connectivity index is 1.70. The maximum Gasteiger partial charge on any atom is 0.416 e. The Bertz CT molecular complexity index is 685. The molecule has 2 aromatic rings. The third kappa shape index (κ3) is 4.18. The van der Waals surface area contributed by atoms with E-state index in [0.717, 1.165) is 55.0 Å². The molecule has 1 aromatic heterocycles. The van der Waals surface area contributed by atoms with Crippen molar-refractivity contribution in [2.75, 3.05) is 31.6 Å². The molecule has 25 heavy (non-hydrogen) atoms. The van der Waals surface area contributed by atoms with Crippen LogP contribution in [0.25, 0.3) is 10.4 Å². The molecule has 1 saturated heterocycles. The van der Waals surface area contributed by atoms with Crippen molar-refractivity contribution >= 4 is 16.3 Å². The largest absolute Gasteiger partial charge is 0.416 e. The van der Waals surface area contributed by atoms with Gasteiger partial charge >= 0.3 is 6.18 Å². The number of benzene rings is 1. The first-order chi connectivity index (χ1) is 11.9. The minimum atomic E-state index is -4.29. The summed E-state index contributed by atoms with van der Waals surface area (Å²) in [4.78, 5) is 5.79. The molecule has 0 amide bonds. The van der Waals surface area contributed by atoms with E-state index < -0.39 is 11.7 Å². The van der Waals surface area contributed by atoms with Crippen LogP contribution < -0.4 is 4.90 Å². The van der Waals surface area contributed by atoms with Gasteiger partial charge in [0.15, 0.2) is 0 Å². The Morgan fingerprint density at radius 1 is 1.08 bits per heavy atom. The summed E-state index contributed by atoms with van der Waals surface area (Å²) in [6.07, 6.45) is -1.98. The average Bonchev–Trinajstić information content (AvgIpc) is 3.10. The van der Waals surface area contributed by atoms with Gasteiger partial charge in [-0.05, 0) is 49.2 Å². The summed E-state index contributed by atoms with van der Waals surface area (Å²) in [6.45, 7) is 5.55. The number of hydrogen-bond acceptors (Lipinski definition) is 3. The zero-order valence-electron chi connectivity index (χ0n) is 14.5. The fourth-order valence-corrected chi connectivity index (χ4v) is 4.34. The number of anilines is 1. The third-order valence-corrected chi connectivity index (χ3v) is 6.21. The molecule has 0 spiro atoms. The first kappa shape index (κ1) is 18.3. The molecule has 1 aliphatic rings. The molecule has 0 bridgehead atoms. The maximum atomic E-state index is 12.7. The lowest BCUT2D eigenvalue weighted by Crippen LogP contribution is -2.43. The highest BCUT2D eigenvalue weighted by Gasteiger charge is 2.30. The van der Waals surface area contributed by atoms with Crippen LogP contribution in [0.15, 0.2) is 36.4 Å². The van der Waals surface area contributed by atoms with Crippen molar-refractivity contribution in [2.24, 2.45) is 0 Å².